The van der Waals surface area contributed by atoms with Crippen molar-refractivity contribution in [2.75, 3.05) is 13.2 Å². The number of hydrogen-bond acceptors (Lipinski definition) is 3. The number of ether oxygens (including phenoxy) is 1. The van der Waals surface area contributed by atoms with Crippen LogP contribution in [0.2, 0.25) is 0 Å². The molecule has 0 aromatic heterocycles. The van der Waals surface area contributed by atoms with Crippen LogP contribution in [-0.2, 0) is 16.1 Å². The van der Waals surface area contributed by atoms with Crippen molar-refractivity contribution in [3.8, 4) is 0 Å². The van der Waals surface area contributed by atoms with Gasteiger partial charge < -0.3 is 14.7 Å². The molecule has 0 atom stereocenters. The van der Waals surface area contributed by atoms with E-state index in [9.17, 15) is 14.0 Å². The van der Waals surface area contributed by atoms with Gasteiger partial charge in [0.25, 0.3) is 0 Å². The maximum Gasteiger partial charge on any atom is 0.410 e. The number of rotatable bonds is 7. The van der Waals surface area contributed by atoms with Gasteiger partial charge in [0.15, 0.2) is 0 Å². The minimum Gasteiger partial charge on any atom is -0.481 e. The van der Waals surface area contributed by atoms with Gasteiger partial charge in [-0.1, -0.05) is 24.8 Å². The van der Waals surface area contributed by atoms with Gasteiger partial charge in [-0.15, -0.1) is 0 Å². The number of carboxylic acids is 1. The van der Waals surface area contributed by atoms with Gasteiger partial charge in [0.1, 0.15) is 12.4 Å². The van der Waals surface area contributed by atoms with Crippen molar-refractivity contribution in [1.82, 2.24) is 4.90 Å². The van der Waals surface area contributed by atoms with Gasteiger partial charge in [-0.25, -0.2) is 9.18 Å². The maximum absolute atomic E-state index is 13.1. The van der Waals surface area contributed by atoms with Crippen LogP contribution in [0.3, 0.4) is 0 Å². The summed E-state index contributed by atoms with van der Waals surface area (Å²) < 4.78 is 18.0. The van der Waals surface area contributed by atoms with E-state index in [4.69, 9.17) is 9.84 Å². The summed E-state index contributed by atoms with van der Waals surface area (Å²) >= 11 is 0. The molecule has 0 unspecified atom stereocenters. The van der Waals surface area contributed by atoms with Crippen LogP contribution < -0.4 is 0 Å². The van der Waals surface area contributed by atoms with E-state index in [0.717, 1.165) is 0 Å². The van der Waals surface area contributed by atoms with Crippen molar-refractivity contribution in [2.45, 2.75) is 13.0 Å². The van der Waals surface area contributed by atoms with Crippen LogP contribution in [-0.4, -0.2) is 35.2 Å². The van der Waals surface area contributed by atoms with Crippen LogP contribution in [0.5, 0.6) is 0 Å². The molecule has 0 spiro atoms. The second-order valence-electron chi connectivity index (χ2n) is 4.06. The zero-order valence-electron chi connectivity index (χ0n) is 10.9. The molecule has 0 bridgehead atoms. The third-order valence-electron chi connectivity index (χ3n) is 2.44. The van der Waals surface area contributed by atoms with Gasteiger partial charge in [-0.05, 0) is 17.7 Å². The lowest BCUT2D eigenvalue weighted by Gasteiger charge is -2.21. The molecule has 0 aliphatic rings. The summed E-state index contributed by atoms with van der Waals surface area (Å²) in [5, 5.41) is 8.68. The molecular formula is C14H16FNO4. The average Bonchev–Trinajstić information content (AvgIpc) is 2.40. The van der Waals surface area contributed by atoms with Crippen LogP contribution in [0, 0.1) is 5.82 Å². The van der Waals surface area contributed by atoms with Crippen LogP contribution >= 0.6 is 0 Å². The summed E-state index contributed by atoms with van der Waals surface area (Å²) in [7, 11) is 0. The van der Waals surface area contributed by atoms with Gasteiger partial charge in [-0.3, -0.25) is 4.79 Å². The molecule has 5 nitrogen and oxygen atoms in total. The normalized spacial score (nSPS) is 9.85. The number of nitrogens with zero attached hydrogens (tertiary/aromatic N) is 1. The lowest BCUT2D eigenvalue weighted by Crippen LogP contribution is -2.33. The molecule has 0 saturated heterocycles. The highest BCUT2D eigenvalue weighted by Crippen LogP contribution is 2.09. The van der Waals surface area contributed by atoms with Crippen molar-refractivity contribution >= 4 is 12.1 Å². The van der Waals surface area contributed by atoms with E-state index in [1.165, 1.54) is 29.2 Å². The van der Waals surface area contributed by atoms with Crippen LogP contribution in [0.25, 0.3) is 0 Å². The second-order valence-corrected chi connectivity index (χ2v) is 4.06. The molecule has 0 aliphatic heterocycles. The Hall–Kier alpha value is -2.37. The first-order chi connectivity index (χ1) is 9.52. The van der Waals surface area contributed by atoms with E-state index >= 15 is 0 Å². The molecule has 1 aromatic rings. The lowest BCUT2D eigenvalue weighted by molar-refractivity contribution is -0.137. The second kappa shape index (κ2) is 7.93. The molecule has 0 aliphatic carbocycles. The topological polar surface area (TPSA) is 66.8 Å². The number of carboxylic acid groups (broad SMARTS) is 1. The zero-order valence-corrected chi connectivity index (χ0v) is 10.9. The minimum atomic E-state index is -1.02. The average molecular weight is 281 g/mol. The summed E-state index contributed by atoms with van der Waals surface area (Å²) in [6.45, 7) is 3.53. The van der Waals surface area contributed by atoms with Gasteiger partial charge in [0.2, 0.25) is 0 Å². The van der Waals surface area contributed by atoms with E-state index < -0.39 is 17.9 Å². The van der Waals surface area contributed by atoms with Crippen molar-refractivity contribution in [3.63, 3.8) is 0 Å². The molecule has 20 heavy (non-hydrogen) atoms. The van der Waals surface area contributed by atoms with E-state index in [2.05, 4.69) is 6.58 Å². The Morgan fingerprint density at radius 3 is 2.80 bits per heavy atom. The van der Waals surface area contributed by atoms with Gasteiger partial charge in [-0.2, -0.15) is 0 Å². The summed E-state index contributed by atoms with van der Waals surface area (Å²) in [4.78, 5) is 23.6. The van der Waals surface area contributed by atoms with Crippen molar-refractivity contribution in [2.24, 2.45) is 0 Å². The lowest BCUT2D eigenvalue weighted by atomic mass is 10.2. The first kappa shape index (κ1) is 15.7. The van der Waals surface area contributed by atoms with E-state index in [1.54, 1.807) is 6.07 Å². The first-order valence-corrected chi connectivity index (χ1v) is 6.01. The third kappa shape index (κ3) is 5.51. The molecule has 0 radical (unpaired) electrons. The standard InChI is InChI=1S/C14H16FNO4/c1-2-8-20-14(19)16(7-6-13(17)18)10-11-4-3-5-12(15)9-11/h2-5,9H,1,6-8,10H2,(H,17,18). The van der Waals surface area contributed by atoms with E-state index in [0.29, 0.717) is 5.56 Å². The largest absolute Gasteiger partial charge is 0.481 e. The molecule has 0 heterocycles. The molecule has 1 N–H and O–H groups in total. The third-order valence-corrected chi connectivity index (χ3v) is 2.44. The molecule has 1 amide bonds. The zero-order chi connectivity index (χ0) is 15.0. The Morgan fingerprint density at radius 1 is 1.45 bits per heavy atom. The van der Waals surface area contributed by atoms with Crippen LogP contribution in [0.1, 0.15) is 12.0 Å². The van der Waals surface area contributed by atoms with Crippen molar-refractivity contribution in [1.29, 1.82) is 0 Å². The molecular weight excluding hydrogens is 265 g/mol. The maximum atomic E-state index is 13.1. The molecule has 0 saturated carbocycles. The number of aliphatic carboxylic acids is 1. The quantitative estimate of drug-likeness (QED) is 0.779. The molecule has 6 heteroatoms. The molecule has 0 fully saturated rings. The van der Waals surface area contributed by atoms with Crippen molar-refractivity contribution < 1.29 is 23.8 Å². The molecule has 1 aromatic carbocycles. The summed E-state index contributed by atoms with van der Waals surface area (Å²) in [5.74, 6) is -1.44. The summed E-state index contributed by atoms with van der Waals surface area (Å²) in [6.07, 6.45) is 0.545. The Morgan fingerprint density at radius 2 is 2.20 bits per heavy atom. The van der Waals surface area contributed by atoms with E-state index in [1.807, 2.05) is 0 Å². The first-order valence-electron chi connectivity index (χ1n) is 6.01. The predicted molar refractivity (Wildman–Crippen MR) is 70.6 cm³/mol. The van der Waals surface area contributed by atoms with Gasteiger partial charge in [0.05, 0.1) is 6.42 Å². The predicted octanol–water partition coefficient (Wildman–Crippen LogP) is 2.43. The highest BCUT2D eigenvalue weighted by molar-refractivity contribution is 5.70. The summed E-state index contributed by atoms with van der Waals surface area (Å²) in [6, 6.07) is 5.75. The number of benzene rings is 1. The number of carbonyl (C=O) groups excluding carboxylic acids is 1. The summed E-state index contributed by atoms with van der Waals surface area (Å²) in [5.41, 5.74) is 0.561. The van der Waals surface area contributed by atoms with Gasteiger partial charge in [0, 0.05) is 13.1 Å². The molecule has 108 valence electrons. The SMILES string of the molecule is C=CCOC(=O)N(CCC(=O)O)Cc1cccc(F)c1. The van der Waals surface area contributed by atoms with Crippen LogP contribution in [0.15, 0.2) is 36.9 Å². The van der Waals surface area contributed by atoms with E-state index in [-0.39, 0.29) is 26.1 Å². The minimum absolute atomic E-state index is 0.0121. The highest BCUT2D eigenvalue weighted by atomic mass is 19.1. The number of hydrogen-bond donors (Lipinski definition) is 1. The highest BCUT2D eigenvalue weighted by Gasteiger charge is 2.16. The van der Waals surface area contributed by atoms with Crippen LogP contribution in [0.4, 0.5) is 9.18 Å². The number of carbonyl (C=O) groups is 2. The van der Waals surface area contributed by atoms with Gasteiger partial charge >= 0.3 is 12.1 Å². The Balaban J connectivity index is 2.72. The fraction of sp³-hybridized carbons (Fsp3) is 0.286. The number of halogens is 1. The Kier molecular flexibility index (Phi) is 6.22. The monoisotopic (exact) mass is 281 g/mol. The fourth-order valence-corrected chi connectivity index (χ4v) is 1.54. The Labute approximate surface area is 116 Å². The number of amides is 1. The fourth-order valence-electron chi connectivity index (χ4n) is 1.54. The van der Waals surface area contributed by atoms with Crippen molar-refractivity contribution in [3.05, 3.63) is 48.3 Å². The smallest absolute Gasteiger partial charge is 0.410 e. The molecule has 1 rings (SSSR count). The Bertz CT molecular complexity index is 490.